The second-order valence-electron chi connectivity index (χ2n) is 5.03. The Morgan fingerprint density at radius 2 is 1.73 bits per heavy atom. The van der Waals surface area contributed by atoms with Gasteiger partial charge in [0.15, 0.2) is 17.5 Å². The maximum atomic E-state index is 13.4. The lowest BCUT2D eigenvalue weighted by Crippen LogP contribution is -2.35. The summed E-state index contributed by atoms with van der Waals surface area (Å²) in [5.74, 6) is -6.24. The smallest absolute Gasteiger partial charge is 0.261 e. The summed E-state index contributed by atoms with van der Waals surface area (Å²) >= 11 is 1.26. The van der Waals surface area contributed by atoms with Crippen LogP contribution in [0.25, 0.3) is 0 Å². The first-order chi connectivity index (χ1) is 12.4. The zero-order valence-corrected chi connectivity index (χ0v) is 14.1. The van der Waals surface area contributed by atoms with Crippen molar-refractivity contribution in [1.82, 2.24) is 10.6 Å². The highest BCUT2D eigenvalue weighted by Gasteiger charge is 2.15. The number of thiophene rings is 1. The Kier molecular flexibility index (Phi) is 6.73. The molecule has 0 bridgehead atoms. The molecule has 0 atom stereocenters. The molecule has 0 aliphatic carbocycles. The summed E-state index contributed by atoms with van der Waals surface area (Å²) in [4.78, 5) is 35.4. The second-order valence-corrected chi connectivity index (χ2v) is 5.98. The van der Waals surface area contributed by atoms with Crippen molar-refractivity contribution >= 4 is 34.7 Å². The fraction of sp³-hybridized carbons (Fsp3) is 0.188. The Labute approximate surface area is 150 Å². The third-order valence-corrected chi connectivity index (χ3v) is 4.01. The molecule has 10 heteroatoms. The molecule has 0 fully saturated rings. The molecule has 3 N–H and O–H groups in total. The van der Waals surface area contributed by atoms with Gasteiger partial charge in [-0.3, -0.25) is 14.4 Å². The molecule has 0 spiro atoms. The minimum atomic E-state index is -1.70. The average molecular weight is 385 g/mol. The number of nitrogens with one attached hydrogen (secondary N) is 3. The fourth-order valence-corrected chi connectivity index (χ4v) is 2.51. The molecule has 0 unspecified atom stereocenters. The first-order valence-electron chi connectivity index (χ1n) is 7.40. The van der Waals surface area contributed by atoms with Gasteiger partial charge in [0.25, 0.3) is 5.91 Å². The minimum absolute atomic E-state index is 0.0655. The van der Waals surface area contributed by atoms with Crippen molar-refractivity contribution in [1.29, 1.82) is 0 Å². The molecular formula is C16H14F3N3O3S. The predicted molar refractivity (Wildman–Crippen MR) is 89.2 cm³/mol. The molecule has 0 aliphatic heterocycles. The van der Waals surface area contributed by atoms with Crippen molar-refractivity contribution in [3.05, 3.63) is 52.0 Å². The monoisotopic (exact) mass is 385 g/mol. The molecule has 0 saturated heterocycles. The Morgan fingerprint density at radius 3 is 2.42 bits per heavy atom. The van der Waals surface area contributed by atoms with E-state index in [1.807, 2.05) is 5.32 Å². The van der Waals surface area contributed by atoms with Crippen molar-refractivity contribution in [2.45, 2.75) is 6.42 Å². The molecule has 1 aromatic heterocycles. The lowest BCUT2D eigenvalue weighted by atomic mass is 10.2. The molecule has 138 valence electrons. The number of amides is 3. The summed E-state index contributed by atoms with van der Waals surface area (Å²) in [5, 5.41) is 8.58. The van der Waals surface area contributed by atoms with Crippen molar-refractivity contribution in [2.24, 2.45) is 0 Å². The van der Waals surface area contributed by atoms with Crippen LogP contribution in [0.4, 0.5) is 18.9 Å². The van der Waals surface area contributed by atoms with Crippen LogP contribution in [0.1, 0.15) is 16.1 Å². The van der Waals surface area contributed by atoms with Gasteiger partial charge in [-0.1, -0.05) is 6.07 Å². The molecule has 2 rings (SSSR count). The number of rotatable bonds is 7. The highest BCUT2D eigenvalue weighted by atomic mass is 32.1. The molecule has 0 saturated carbocycles. The first-order valence-corrected chi connectivity index (χ1v) is 8.28. The van der Waals surface area contributed by atoms with Crippen molar-refractivity contribution in [3.8, 4) is 0 Å². The normalized spacial score (nSPS) is 10.3. The van der Waals surface area contributed by atoms with Crippen molar-refractivity contribution in [3.63, 3.8) is 0 Å². The standard InChI is InChI=1S/C16H14F3N3O3S/c17-9-3-4-10(15(19)14(9)18)22-13(24)8-21-12(23)5-6-20-16(25)11-2-1-7-26-11/h1-4,7H,5-6,8H2,(H,20,25)(H,21,23)(H,22,24). The molecule has 3 amide bonds. The highest BCUT2D eigenvalue weighted by Crippen LogP contribution is 2.19. The van der Waals surface area contributed by atoms with E-state index < -0.39 is 41.5 Å². The van der Waals surface area contributed by atoms with Gasteiger partial charge in [0, 0.05) is 13.0 Å². The summed E-state index contributed by atoms with van der Waals surface area (Å²) in [7, 11) is 0. The fourth-order valence-electron chi connectivity index (χ4n) is 1.87. The summed E-state index contributed by atoms with van der Waals surface area (Å²) in [6.45, 7) is -0.419. The maximum Gasteiger partial charge on any atom is 0.261 e. The lowest BCUT2D eigenvalue weighted by Gasteiger charge is -2.09. The van der Waals surface area contributed by atoms with Gasteiger partial charge >= 0.3 is 0 Å². The van der Waals surface area contributed by atoms with E-state index in [2.05, 4.69) is 10.6 Å². The number of anilines is 1. The van der Waals surface area contributed by atoms with Crippen LogP contribution < -0.4 is 16.0 Å². The van der Waals surface area contributed by atoms with Crippen LogP contribution in [0.3, 0.4) is 0 Å². The Balaban J connectivity index is 1.71. The van der Waals surface area contributed by atoms with E-state index >= 15 is 0 Å². The van der Waals surface area contributed by atoms with E-state index in [-0.39, 0.29) is 18.9 Å². The summed E-state index contributed by atoms with van der Waals surface area (Å²) < 4.78 is 39.3. The van der Waals surface area contributed by atoms with Crippen LogP contribution >= 0.6 is 11.3 Å². The van der Waals surface area contributed by atoms with Crippen molar-refractivity contribution < 1.29 is 27.6 Å². The van der Waals surface area contributed by atoms with Crippen LogP contribution in [0.15, 0.2) is 29.6 Å². The molecule has 2 aromatic rings. The van der Waals surface area contributed by atoms with E-state index in [9.17, 15) is 27.6 Å². The lowest BCUT2D eigenvalue weighted by molar-refractivity contribution is -0.124. The van der Waals surface area contributed by atoms with Crippen molar-refractivity contribution in [2.75, 3.05) is 18.4 Å². The van der Waals surface area contributed by atoms with E-state index in [4.69, 9.17) is 0 Å². The molecule has 26 heavy (non-hydrogen) atoms. The molecular weight excluding hydrogens is 371 g/mol. The summed E-state index contributed by atoms with van der Waals surface area (Å²) in [5.41, 5.74) is -0.536. The molecule has 0 aliphatic rings. The number of hydrogen-bond acceptors (Lipinski definition) is 4. The second kappa shape index (κ2) is 8.99. The highest BCUT2D eigenvalue weighted by molar-refractivity contribution is 7.12. The SMILES string of the molecule is O=C(CCNC(=O)c1cccs1)NCC(=O)Nc1ccc(F)c(F)c1F. The third kappa shape index (κ3) is 5.31. The Morgan fingerprint density at radius 1 is 0.962 bits per heavy atom. The summed E-state index contributed by atoms with van der Waals surface area (Å²) in [6, 6.07) is 4.90. The van der Waals surface area contributed by atoms with Crippen LogP contribution in [0.2, 0.25) is 0 Å². The first kappa shape index (κ1) is 19.4. The van der Waals surface area contributed by atoms with Crippen LogP contribution in [-0.4, -0.2) is 30.8 Å². The van der Waals surface area contributed by atoms with Crippen LogP contribution in [0.5, 0.6) is 0 Å². The van der Waals surface area contributed by atoms with Gasteiger partial charge in [-0.15, -0.1) is 11.3 Å². The molecule has 1 aromatic carbocycles. The van der Waals surface area contributed by atoms with E-state index in [1.165, 1.54) is 11.3 Å². The largest absolute Gasteiger partial charge is 0.351 e. The van der Waals surface area contributed by atoms with Gasteiger partial charge < -0.3 is 16.0 Å². The van der Waals surface area contributed by atoms with Gasteiger partial charge in [-0.25, -0.2) is 13.2 Å². The Hall–Kier alpha value is -2.88. The number of hydrogen-bond donors (Lipinski definition) is 3. The quantitative estimate of drug-likeness (QED) is 0.638. The van der Waals surface area contributed by atoms with Crippen LogP contribution in [0, 0.1) is 17.5 Å². The van der Waals surface area contributed by atoms with Crippen LogP contribution in [-0.2, 0) is 9.59 Å². The maximum absolute atomic E-state index is 13.4. The average Bonchev–Trinajstić information content (AvgIpc) is 3.15. The van der Waals surface area contributed by atoms with Gasteiger partial charge in [0.2, 0.25) is 11.8 Å². The van der Waals surface area contributed by atoms with Gasteiger partial charge in [-0.2, -0.15) is 0 Å². The molecule has 0 radical (unpaired) electrons. The number of benzene rings is 1. The zero-order chi connectivity index (χ0) is 19.1. The number of carbonyl (C=O) groups excluding carboxylic acids is 3. The van der Waals surface area contributed by atoms with Gasteiger partial charge in [0.1, 0.15) is 0 Å². The molecule has 1 heterocycles. The third-order valence-electron chi connectivity index (χ3n) is 3.14. The molecule has 6 nitrogen and oxygen atoms in total. The number of carbonyl (C=O) groups is 3. The summed E-state index contributed by atoms with van der Waals surface area (Å²) in [6.07, 6.45) is -0.0655. The topological polar surface area (TPSA) is 87.3 Å². The number of halogens is 3. The van der Waals surface area contributed by atoms with E-state index in [0.29, 0.717) is 10.9 Å². The van der Waals surface area contributed by atoms with Gasteiger partial charge in [-0.05, 0) is 23.6 Å². The predicted octanol–water partition coefficient (Wildman–Crippen LogP) is 2.04. The minimum Gasteiger partial charge on any atom is -0.351 e. The van der Waals surface area contributed by atoms with E-state index in [1.54, 1.807) is 17.5 Å². The zero-order valence-electron chi connectivity index (χ0n) is 13.3. The van der Waals surface area contributed by atoms with E-state index in [0.717, 1.165) is 6.07 Å². The Bertz CT molecular complexity index is 813. The van der Waals surface area contributed by atoms with Gasteiger partial charge in [0.05, 0.1) is 17.1 Å².